The van der Waals surface area contributed by atoms with Crippen LogP contribution in [0.25, 0.3) is 0 Å². The smallest absolute Gasteiger partial charge is 0.407 e. The summed E-state index contributed by atoms with van der Waals surface area (Å²) in [5, 5.41) is 9.24. The molecular weight excluding hydrogens is 288 g/mol. The van der Waals surface area contributed by atoms with Crippen LogP contribution < -0.4 is 0 Å². The summed E-state index contributed by atoms with van der Waals surface area (Å²) in [6, 6.07) is 9.22. The number of piperidine rings is 1. The van der Waals surface area contributed by atoms with Crippen LogP contribution in [0.5, 0.6) is 0 Å². The van der Waals surface area contributed by atoms with Gasteiger partial charge in [-0.05, 0) is 36.4 Å². The first kappa shape index (κ1) is 16.3. The number of carboxylic acid groups (broad SMARTS) is 1. The molecule has 0 bridgehead atoms. The molecule has 23 heavy (non-hydrogen) atoms. The molecule has 1 fully saturated rings. The maximum atomic E-state index is 11.2. The van der Waals surface area contributed by atoms with Crippen molar-refractivity contribution in [2.45, 2.75) is 45.1 Å². The van der Waals surface area contributed by atoms with E-state index in [-0.39, 0.29) is 10.8 Å². The molecule has 2 aliphatic heterocycles. The minimum Gasteiger partial charge on any atom is -0.465 e. The number of hydrogen-bond donors (Lipinski definition) is 1. The third kappa shape index (κ3) is 2.74. The summed E-state index contributed by atoms with van der Waals surface area (Å²) in [5.74, 6) is 0. The summed E-state index contributed by atoms with van der Waals surface area (Å²) in [4.78, 5) is 15.3. The zero-order chi connectivity index (χ0) is 16.8. The van der Waals surface area contributed by atoms with Crippen molar-refractivity contribution in [3.63, 3.8) is 0 Å². The van der Waals surface area contributed by atoms with E-state index in [1.54, 1.807) is 4.90 Å². The number of amides is 1. The maximum absolute atomic E-state index is 11.2. The van der Waals surface area contributed by atoms with Crippen LogP contribution in [0, 0.1) is 5.41 Å². The van der Waals surface area contributed by atoms with Crippen molar-refractivity contribution in [1.29, 1.82) is 0 Å². The van der Waals surface area contributed by atoms with E-state index in [4.69, 9.17) is 0 Å². The second-order valence-corrected chi connectivity index (χ2v) is 8.32. The van der Waals surface area contributed by atoms with Crippen LogP contribution in [0.15, 0.2) is 24.3 Å². The highest BCUT2D eigenvalue weighted by Gasteiger charge is 2.47. The molecule has 0 aromatic heterocycles. The molecule has 0 aliphatic carbocycles. The van der Waals surface area contributed by atoms with Gasteiger partial charge >= 0.3 is 6.09 Å². The highest BCUT2D eigenvalue weighted by Crippen LogP contribution is 2.50. The fraction of sp³-hybridized carbons (Fsp3) is 0.632. The van der Waals surface area contributed by atoms with E-state index >= 15 is 0 Å². The van der Waals surface area contributed by atoms with Crippen LogP contribution >= 0.6 is 0 Å². The number of fused-ring (bicyclic) bond motifs is 2. The number of benzene rings is 1. The Labute approximate surface area is 139 Å². The lowest BCUT2D eigenvalue weighted by Crippen LogP contribution is -2.54. The fourth-order valence-corrected chi connectivity index (χ4v) is 4.79. The molecule has 1 N–H and O–H groups in total. The Bertz CT molecular complexity index is 598. The van der Waals surface area contributed by atoms with E-state index in [9.17, 15) is 9.90 Å². The predicted octanol–water partition coefficient (Wildman–Crippen LogP) is 3.73. The molecule has 1 atom stereocenters. The average Bonchev–Trinajstić information content (AvgIpc) is 2.46. The average molecular weight is 316 g/mol. The summed E-state index contributed by atoms with van der Waals surface area (Å²) in [7, 11) is 2.22. The van der Waals surface area contributed by atoms with Gasteiger partial charge in [-0.15, -0.1) is 0 Å². The zero-order valence-electron chi connectivity index (χ0n) is 14.7. The van der Waals surface area contributed by atoms with Gasteiger partial charge in [-0.2, -0.15) is 0 Å². The van der Waals surface area contributed by atoms with Gasteiger partial charge in [0.05, 0.1) is 0 Å². The van der Waals surface area contributed by atoms with Crippen molar-refractivity contribution in [1.82, 2.24) is 9.80 Å². The second kappa shape index (κ2) is 5.52. The van der Waals surface area contributed by atoms with Crippen LogP contribution in [-0.4, -0.2) is 47.7 Å². The van der Waals surface area contributed by atoms with Crippen molar-refractivity contribution in [3.05, 3.63) is 35.4 Å². The van der Waals surface area contributed by atoms with Gasteiger partial charge in [0.25, 0.3) is 0 Å². The number of nitrogens with zero attached hydrogens (tertiary/aromatic N) is 2. The van der Waals surface area contributed by atoms with Crippen LogP contribution in [0.4, 0.5) is 4.79 Å². The Morgan fingerprint density at radius 2 is 1.83 bits per heavy atom. The number of carbonyl (C=O) groups is 1. The third-order valence-electron chi connectivity index (χ3n) is 5.63. The van der Waals surface area contributed by atoms with E-state index in [1.807, 2.05) is 0 Å². The number of hydrogen-bond acceptors (Lipinski definition) is 2. The van der Waals surface area contributed by atoms with Crippen molar-refractivity contribution >= 4 is 6.09 Å². The highest BCUT2D eigenvalue weighted by atomic mass is 16.4. The van der Waals surface area contributed by atoms with Crippen LogP contribution in [-0.2, 0) is 5.41 Å². The molecule has 0 saturated carbocycles. The number of rotatable bonds is 0. The van der Waals surface area contributed by atoms with Gasteiger partial charge in [-0.3, -0.25) is 4.90 Å². The van der Waals surface area contributed by atoms with Gasteiger partial charge in [-0.25, -0.2) is 4.79 Å². The minimum absolute atomic E-state index is 0.0963. The molecule has 2 aliphatic rings. The zero-order valence-corrected chi connectivity index (χ0v) is 14.7. The Hall–Kier alpha value is -1.55. The Kier molecular flexibility index (Phi) is 3.91. The summed E-state index contributed by atoms with van der Waals surface area (Å²) in [6.07, 6.45) is 1.04. The van der Waals surface area contributed by atoms with Crippen molar-refractivity contribution in [2.75, 3.05) is 26.7 Å². The molecule has 0 radical (unpaired) electrons. The Morgan fingerprint density at radius 1 is 1.22 bits per heavy atom. The molecule has 126 valence electrons. The third-order valence-corrected chi connectivity index (χ3v) is 5.63. The maximum Gasteiger partial charge on any atom is 0.407 e. The lowest BCUT2D eigenvalue weighted by Gasteiger charge is -2.53. The van der Waals surface area contributed by atoms with E-state index in [0.717, 1.165) is 19.4 Å². The molecule has 1 aromatic rings. The van der Waals surface area contributed by atoms with Gasteiger partial charge in [0.1, 0.15) is 0 Å². The first-order valence-corrected chi connectivity index (χ1v) is 8.52. The number of likely N-dealkylation sites (tertiary alicyclic amines) is 1. The molecule has 3 rings (SSSR count). The monoisotopic (exact) mass is 316 g/mol. The summed E-state index contributed by atoms with van der Waals surface area (Å²) >= 11 is 0. The SMILES string of the molecule is CN1CC2(CCN(C(=O)O)CC2)c2ccccc2C1C(C)(C)C. The number of likely N-dealkylation sites (N-methyl/N-ethyl adjacent to an activating group) is 1. The van der Waals surface area contributed by atoms with Gasteiger partial charge < -0.3 is 10.0 Å². The van der Waals surface area contributed by atoms with E-state index < -0.39 is 6.09 Å². The molecule has 1 amide bonds. The topological polar surface area (TPSA) is 43.8 Å². The second-order valence-electron chi connectivity index (χ2n) is 8.32. The Balaban J connectivity index is 2.00. The normalized spacial score (nSPS) is 24.5. The van der Waals surface area contributed by atoms with E-state index in [2.05, 4.69) is 57.0 Å². The largest absolute Gasteiger partial charge is 0.465 e. The summed E-state index contributed by atoms with van der Waals surface area (Å²) in [6.45, 7) is 9.19. The van der Waals surface area contributed by atoms with Crippen molar-refractivity contribution in [2.24, 2.45) is 5.41 Å². The van der Waals surface area contributed by atoms with Crippen LogP contribution in [0.3, 0.4) is 0 Å². The summed E-state index contributed by atoms with van der Waals surface area (Å²) in [5.41, 5.74) is 3.15. The van der Waals surface area contributed by atoms with Gasteiger partial charge in [-0.1, -0.05) is 45.0 Å². The lowest BCUT2D eigenvalue weighted by atomic mass is 9.64. The van der Waals surface area contributed by atoms with E-state index in [0.29, 0.717) is 19.1 Å². The predicted molar refractivity (Wildman–Crippen MR) is 91.8 cm³/mol. The van der Waals surface area contributed by atoms with Crippen molar-refractivity contribution in [3.8, 4) is 0 Å². The lowest BCUT2D eigenvalue weighted by molar-refractivity contribution is 0.0488. The fourth-order valence-electron chi connectivity index (χ4n) is 4.79. The standard InChI is InChI=1S/C19H28N2O2/c1-18(2,3)16-14-7-5-6-8-15(14)19(13-20(16)4)9-11-21(12-10-19)17(22)23/h5-8,16H,9-13H2,1-4H3,(H,22,23). The molecule has 1 saturated heterocycles. The van der Waals surface area contributed by atoms with E-state index in [1.165, 1.54) is 11.1 Å². The molecule has 1 spiro atoms. The molecular formula is C19H28N2O2. The van der Waals surface area contributed by atoms with Gasteiger partial charge in [0.2, 0.25) is 0 Å². The van der Waals surface area contributed by atoms with Gasteiger partial charge in [0, 0.05) is 31.1 Å². The molecule has 2 heterocycles. The minimum atomic E-state index is -0.787. The van der Waals surface area contributed by atoms with Crippen LogP contribution in [0.1, 0.15) is 50.8 Å². The molecule has 1 aromatic carbocycles. The van der Waals surface area contributed by atoms with Crippen molar-refractivity contribution < 1.29 is 9.90 Å². The molecule has 4 heteroatoms. The molecule has 1 unspecified atom stereocenters. The molecule has 4 nitrogen and oxygen atoms in total. The Morgan fingerprint density at radius 3 is 2.39 bits per heavy atom. The summed E-state index contributed by atoms with van der Waals surface area (Å²) < 4.78 is 0. The quantitative estimate of drug-likeness (QED) is 0.793. The van der Waals surface area contributed by atoms with Gasteiger partial charge in [0.15, 0.2) is 0 Å². The first-order chi connectivity index (χ1) is 10.7. The first-order valence-electron chi connectivity index (χ1n) is 8.52. The highest BCUT2D eigenvalue weighted by molar-refractivity contribution is 5.65. The van der Waals surface area contributed by atoms with Crippen LogP contribution in [0.2, 0.25) is 0 Å².